The largest absolute Gasteiger partial charge is 0.354 e. The van der Waals surface area contributed by atoms with Crippen LogP contribution in [0.3, 0.4) is 0 Å². The van der Waals surface area contributed by atoms with Gasteiger partial charge in [-0.05, 0) is 68.5 Å². The number of anilines is 1. The molecule has 144 valence electrons. The zero-order valence-corrected chi connectivity index (χ0v) is 16.2. The molecule has 3 amide bonds. The molecule has 1 heterocycles. The van der Waals surface area contributed by atoms with Gasteiger partial charge < -0.3 is 21.3 Å². The lowest BCUT2D eigenvalue weighted by molar-refractivity contribution is -0.123. The number of halogens is 1. The van der Waals surface area contributed by atoms with Crippen LogP contribution in [-0.2, 0) is 4.79 Å². The number of benzene rings is 1. The average Bonchev–Trinajstić information content (AvgIpc) is 2.61. The van der Waals surface area contributed by atoms with E-state index >= 15 is 0 Å². The first-order valence-corrected chi connectivity index (χ1v) is 9.63. The Hall–Kier alpha value is -1.79. The van der Waals surface area contributed by atoms with Crippen LogP contribution in [0.1, 0.15) is 33.1 Å². The Morgan fingerprint density at radius 2 is 1.85 bits per heavy atom. The molecule has 1 aliphatic rings. The second-order valence-corrected chi connectivity index (χ2v) is 7.66. The summed E-state index contributed by atoms with van der Waals surface area (Å²) in [5.41, 5.74) is 0.630. The molecule has 0 bridgehead atoms. The number of amides is 3. The molecule has 1 aromatic carbocycles. The van der Waals surface area contributed by atoms with E-state index in [0.717, 1.165) is 25.9 Å². The molecular weight excluding hydrogens is 352 g/mol. The monoisotopic (exact) mass is 380 g/mol. The average molecular weight is 381 g/mol. The first kappa shape index (κ1) is 20.5. The smallest absolute Gasteiger partial charge is 0.319 e. The highest BCUT2D eigenvalue weighted by molar-refractivity contribution is 6.30. The molecule has 1 fully saturated rings. The molecule has 1 aliphatic heterocycles. The molecule has 7 heteroatoms. The fourth-order valence-electron chi connectivity index (χ4n) is 3.02. The number of hydrogen-bond acceptors (Lipinski definition) is 3. The van der Waals surface area contributed by atoms with Crippen molar-refractivity contribution in [2.45, 2.75) is 39.2 Å². The fourth-order valence-corrected chi connectivity index (χ4v) is 3.14. The van der Waals surface area contributed by atoms with Gasteiger partial charge in [-0.25, -0.2) is 4.79 Å². The van der Waals surface area contributed by atoms with Crippen LogP contribution < -0.4 is 21.3 Å². The molecule has 1 atom stereocenters. The van der Waals surface area contributed by atoms with Crippen molar-refractivity contribution < 1.29 is 9.59 Å². The molecule has 1 aromatic rings. The maximum absolute atomic E-state index is 12.6. The Balaban J connectivity index is 1.86. The van der Waals surface area contributed by atoms with E-state index in [0.29, 0.717) is 35.5 Å². The summed E-state index contributed by atoms with van der Waals surface area (Å²) in [4.78, 5) is 24.8. The van der Waals surface area contributed by atoms with E-state index in [1.807, 2.05) is 13.8 Å². The summed E-state index contributed by atoms with van der Waals surface area (Å²) in [6.07, 6.45) is 2.73. The van der Waals surface area contributed by atoms with Gasteiger partial charge in [0.15, 0.2) is 0 Å². The molecule has 0 aromatic heterocycles. The van der Waals surface area contributed by atoms with Gasteiger partial charge in [0, 0.05) is 17.3 Å². The molecule has 26 heavy (non-hydrogen) atoms. The van der Waals surface area contributed by atoms with Crippen molar-refractivity contribution in [3.63, 3.8) is 0 Å². The van der Waals surface area contributed by atoms with Gasteiger partial charge in [-0.1, -0.05) is 25.4 Å². The van der Waals surface area contributed by atoms with Gasteiger partial charge in [-0.15, -0.1) is 0 Å². The lowest BCUT2D eigenvalue weighted by Crippen LogP contribution is -2.50. The summed E-state index contributed by atoms with van der Waals surface area (Å²) >= 11 is 5.84. The SMILES string of the molecule is CC(C)C[C@H](NC(=O)Nc1ccc(Cl)cc1)C(=O)NCC1CCNCC1. The normalized spacial score (nSPS) is 16.2. The molecule has 0 unspecified atom stereocenters. The highest BCUT2D eigenvalue weighted by atomic mass is 35.5. The fraction of sp³-hybridized carbons (Fsp3) is 0.579. The molecule has 1 saturated heterocycles. The van der Waals surface area contributed by atoms with Gasteiger partial charge in [0.1, 0.15) is 6.04 Å². The van der Waals surface area contributed by atoms with E-state index in [1.165, 1.54) is 0 Å². The Bertz CT molecular complexity index is 586. The minimum Gasteiger partial charge on any atom is -0.354 e. The summed E-state index contributed by atoms with van der Waals surface area (Å²) in [7, 11) is 0. The first-order chi connectivity index (χ1) is 12.4. The van der Waals surface area contributed by atoms with Gasteiger partial charge in [0.25, 0.3) is 0 Å². The van der Waals surface area contributed by atoms with Crippen LogP contribution in [0.15, 0.2) is 24.3 Å². The summed E-state index contributed by atoms with van der Waals surface area (Å²) in [5.74, 6) is 0.673. The lowest BCUT2D eigenvalue weighted by Gasteiger charge is -2.25. The van der Waals surface area contributed by atoms with Gasteiger partial charge in [0.2, 0.25) is 5.91 Å². The molecule has 0 spiro atoms. The molecule has 4 N–H and O–H groups in total. The maximum Gasteiger partial charge on any atom is 0.319 e. The summed E-state index contributed by atoms with van der Waals surface area (Å²) in [6, 6.07) is 5.90. The quantitative estimate of drug-likeness (QED) is 0.587. The molecule has 0 aliphatic carbocycles. The van der Waals surface area contributed by atoms with Crippen molar-refractivity contribution >= 4 is 29.2 Å². The Morgan fingerprint density at radius 3 is 2.46 bits per heavy atom. The van der Waals surface area contributed by atoms with Crippen molar-refractivity contribution in [1.82, 2.24) is 16.0 Å². The van der Waals surface area contributed by atoms with Gasteiger partial charge >= 0.3 is 6.03 Å². The van der Waals surface area contributed by atoms with Crippen LogP contribution >= 0.6 is 11.6 Å². The van der Waals surface area contributed by atoms with Crippen molar-refractivity contribution in [3.05, 3.63) is 29.3 Å². The lowest BCUT2D eigenvalue weighted by atomic mass is 9.97. The van der Waals surface area contributed by atoms with Crippen LogP contribution in [0, 0.1) is 11.8 Å². The number of piperidine rings is 1. The Kier molecular flexibility index (Phi) is 8.19. The van der Waals surface area contributed by atoms with Crippen molar-refractivity contribution in [3.8, 4) is 0 Å². The number of urea groups is 1. The predicted octanol–water partition coefficient (Wildman–Crippen LogP) is 2.99. The van der Waals surface area contributed by atoms with Crippen LogP contribution in [-0.4, -0.2) is 37.6 Å². The van der Waals surface area contributed by atoms with Crippen molar-refractivity contribution in [2.75, 3.05) is 25.0 Å². The minimum absolute atomic E-state index is 0.122. The van der Waals surface area contributed by atoms with Gasteiger partial charge in [-0.2, -0.15) is 0 Å². The molecule has 2 rings (SSSR count). The topological polar surface area (TPSA) is 82.3 Å². The Morgan fingerprint density at radius 1 is 1.19 bits per heavy atom. The molecule has 0 radical (unpaired) electrons. The van der Waals surface area contributed by atoms with Crippen LogP contribution in [0.5, 0.6) is 0 Å². The second kappa shape index (κ2) is 10.4. The number of hydrogen-bond donors (Lipinski definition) is 4. The summed E-state index contributed by atoms with van der Waals surface area (Å²) in [6.45, 7) is 6.72. The van der Waals surface area contributed by atoms with Gasteiger partial charge in [-0.3, -0.25) is 4.79 Å². The third-order valence-electron chi connectivity index (χ3n) is 4.45. The predicted molar refractivity (Wildman–Crippen MR) is 105 cm³/mol. The van der Waals surface area contributed by atoms with E-state index in [1.54, 1.807) is 24.3 Å². The van der Waals surface area contributed by atoms with E-state index in [9.17, 15) is 9.59 Å². The zero-order valence-electron chi connectivity index (χ0n) is 15.5. The highest BCUT2D eigenvalue weighted by Crippen LogP contribution is 2.14. The number of carbonyl (C=O) groups excluding carboxylic acids is 2. The molecule has 6 nitrogen and oxygen atoms in total. The second-order valence-electron chi connectivity index (χ2n) is 7.23. The first-order valence-electron chi connectivity index (χ1n) is 9.25. The number of carbonyl (C=O) groups is 2. The van der Waals surface area contributed by atoms with Crippen LogP contribution in [0.2, 0.25) is 5.02 Å². The van der Waals surface area contributed by atoms with Crippen molar-refractivity contribution in [2.24, 2.45) is 11.8 Å². The van der Waals surface area contributed by atoms with Crippen molar-refractivity contribution in [1.29, 1.82) is 0 Å². The summed E-state index contributed by atoms with van der Waals surface area (Å²) in [5, 5.41) is 12.5. The van der Waals surface area contributed by atoms with Gasteiger partial charge in [0.05, 0.1) is 0 Å². The van der Waals surface area contributed by atoms with E-state index in [-0.39, 0.29) is 5.91 Å². The molecule has 0 saturated carbocycles. The van der Waals surface area contributed by atoms with E-state index in [4.69, 9.17) is 11.6 Å². The van der Waals surface area contributed by atoms with E-state index in [2.05, 4.69) is 21.3 Å². The standard InChI is InChI=1S/C19H29ClN4O2/c1-13(2)11-17(18(25)22-12-14-7-9-21-10-8-14)24-19(26)23-16-5-3-15(20)4-6-16/h3-6,13-14,17,21H,7-12H2,1-2H3,(H,22,25)(H2,23,24,26)/t17-/m0/s1. The third kappa shape index (κ3) is 7.22. The van der Waals surface area contributed by atoms with Crippen LogP contribution in [0.25, 0.3) is 0 Å². The zero-order chi connectivity index (χ0) is 18.9. The van der Waals surface area contributed by atoms with E-state index < -0.39 is 12.1 Å². The van der Waals surface area contributed by atoms with Crippen LogP contribution in [0.4, 0.5) is 10.5 Å². The highest BCUT2D eigenvalue weighted by Gasteiger charge is 2.23. The minimum atomic E-state index is -0.552. The summed E-state index contributed by atoms with van der Waals surface area (Å²) < 4.78 is 0. The number of rotatable bonds is 7. The molecular formula is C19H29ClN4O2. The number of nitrogens with one attached hydrogen (secondary N) is 4. The maximum atomic E-state index is 12.6. The Labute approximate surface area is 160 Å². The third-order valence-corrected chi connectivity index (χ3v) is 4.71.